The zero-order valence-corrected chi connectivity index (χ0v) is 22.0. The standard InChI is InChI=1S/C25H24ClFN4O4S2/c1-25(33,12-32)14-7-8-29-18(10-14)16-4-2-3-13-9-19(36-23(13)16)22(31-37(34,35)15-5-6-15)20-21(27)17(28)11-30-24(20)26/h2-4,7-11,15,22,31-33H,5-6,12,28H2,1H3. The average molecular weight is 563 g/mol. The van der Waals surface area contributed by atoms with E-state index < -0.39 is 39.3 Å². The molecule has 12 heteroatoms. The maximum atomic E-state index is 15.2. The summed E-state index contributed by atoms with van der Waals surface area (Å²) >= 11 is 7.54. The summed E-state index contributed by atoms with van der Waals surface area (Å²) in [7, 11) is -3.75. The highest BCUT2D eigenvalue weighted by Crippen LogP contribution is 2.42. The number of aromatic nitrogens is 2. The molecule has 0 saturated heterocycles. The number of benzene rings is 1. The van der Waals surface area contributed by atoms with Gasteiger partial charge in [-0.05, 0) is 48.9 Å². The van der Waals surface area contributed by atoms with E-state index in [1.165, 1.54) is 18.3 Å². The number of nitrogens with two attached hydrogens (primary N) is 1. The number of nitrogens with zero attached hydrogens (tertiary/aromatic N) is 2. The zero-order chi connectivity index (χ0) is 26.5. The molecular formula is C25H24ClFN4O4S2. The minimum atomic E-state index is -3.75. The van der Waals surface area contributed by atoms with Gasteiger partial charge in [-0.1, -0.05) is 29.8 Å². The highest BCUT2D eigenvalue weighted by atomic mass is 35.5. The predicted molar refractivity (Wildman–Crippen MR) is 142 cm³/mol. The second kappa shape index (κ2) is 9.57. The van der Waals surface area contributed by atoms with Crippen molar-refractivity contribution in [2.75, 3.05) is 12.3 Å². The third-order valence-corrected chi connectivity index (χ3v) is 9.84. The molecule has 37 heavy (non-hydrogen) atoms. The molecule has 1 aliphatic carbocycles. The van der Waals surface area contributed by atoms with Crippen molar-refractivity contribution in [1.29, 1.82) is 0 Å². The maximum Gasteiger partial charge on any atom is 0.215 e. The lowest BCUT2D eigenvalue weighted by atomic mass is 9.96. The van der Waals surface area contributed by atoms with Gasteiger partial charge in [0.15, 0.2) is 5.82 Å². The smallest absolute Gasteiger partial charge is 0.215 e. The second-order valence-corrected chi connectivity index (χ2v) is 12.7. The van der Waals surface area contributed by atoms with E-state index in [0.717, 1.165) is 21.8 Å². The fourth-order valence-electron chi connectivity index (χ4n) is 4.07. The molecule has 5 N–H and O–H groups in total. The molecule has 0 spiro atoms. The van der Waals surface area contributed by atoms with E-state index in [4.69, 9.17) is 17.3 Å². The summed E-state index contributed by atoms with van der Waals surface area (Å²) in [5.74, 6) is -0.832. The fourth-order valence-corrected chi connectivity index (χ4v) is 7.16. The molecular weight excluding hydrogens is 539 g/mol. The summed E-state index contributed by atoms with van der Waals surface area (Å²) < 4.78 is 44.5. The van der Waals surface area contributed by atoms with Gasteiger partial charge in [0.1, 0.15) is 10.8 Å². The molecule has 2 unspecified atom stereocenters. The van der Waals surface area contributed by atoms with E-state index in [1.807, 2.05) is 18.2 Å². The summed E-state index contributed by atoms with van der Waals surface area (Å²) in [6.45, 7) is 1.04. The van der Waals surface area contributed by atoms with Crippen LogP contribution in [0.2, 0.25) is 5.15 Å². The number of nitrogens with one attached hydrogen (secondary N) is 1. The van der Waals surface area contributed by atoms with Crippen LogP contribution >= 0.6 is 22.9 Å². The van der Waals surface area contributed by atoms with Crippen molar-refractivity contribution >= 4 is 48.7 Å². The molecule has 0 aliphatic heterocycles. The number of halogens is 2. The van der Waals surface area contributed by atoms with Crippen molar-refractivity contribution in [2.45, 2.75) is 36.7 Å². The average Bonchev–Trinajstić information content (AvgIpc) is 3.65. The molecule has 0 amide bonds. The summed E-state index contributed by atoms with van der Waals surface area (Å²) in [5.41, 5.74) is 5.69. The van der Waals surface area contributed by atoms with Crippen molar-refractivity contribution in [2.24, 2.45) is 0 Å². The van der Waals surface area contributed by atoms with Gasteiger partial charge in [0.25, 0.3) is 0 Å². The molecule has 1 saturated carbocycles. The Morgan fingerprint density at radius 3 is 2.76 bits per heavy atom. The Morgan fingerprint density at radius 1 is 1.30 bits per heavy atom. The molecule has 1 fully saturated rings. The number of pyridine rings is 2. The van der Waals surface area contributed by atoms with Gasteiger partial charge in [0, 0.05) is 21.3 Å². The highest BCUT2D eigenvalue weighted by molar-refractivity contribution is 7.90. The van der Waals surface area contributed by atoms with Crippen LogP contribution in [0.4, 0.5) is 10.1 Å². The number of aliphatic hydroxyl groups is 2. The van der Waals surface area contributed by atoms with E-state index in [0.29, 0.717) is 29.0 Å². The van der Waals surface area contributed by atoms with Crippen LogP contribution in [-0.4, -0.2) is 40.5 Å². The number of hydrogen-bond acceptors (Lipinski definition) is 8. The lowest BCUT2D eigenvalue weighted by molar-refractivity contribution is -0.00230. The van der Waals surface area contributed by atoms with E-state index >= 15 is 4.39 Å². The van der Waals surface area contributed by atoms with Gasteiger partial charge in [-0.2, -0.15) is 0 Å². The van der Waals surface area contributed by atoms with Crippen molar-refractivity contribution in [3.8, 4) is 11.3 Å². The molecule has 2 atom stereocenters. The normalized spacial score (nSPS) is 16.6. The minimum Gasteiger partial charge on any atom is -0.395 e. The van der Waals surface area contributed by atoms with Crippen LogP contribution in [0.25, 0.3) is 21.3 Å². The Morgan fingerprint density at radius 2 is 2.05 bits per heavy atom. The molecule has 3 heterocycles. The van der Waals surface area contributed by atoms with Crippen LogP contribution in [0.3, 0.4) is 0 Å². The van der Waals surface area contributed by atoms with Gasteiger partial charge < -0.3 is 15.9 Å². The van der Waals surface area contributed by atoms with E-state index in [1.54, 1.807) is 24.4 Å². The van der Waals surface area contributed by atoms with Gasteiger partial charge >= 0.3 is 0 Å². The van der Waals surface area contributed by atoms with Crippen molar-refractivity contribution < 1.29 is 23.0 Å². The fraction of sp³-hybridized carbons (Fsp3) is 0.280. The van der Waals surface area contributed by atoms with Crippen molar-refractivity contribution in [3.63, 3.8) is 0 Å². The van der Waals surface area contributed by atoms with E-state index in [9.17, 15) is 18.6 Å². The summed E-state index contributed by atoms with van der Waals surface area (Å²) in [6, 6.07) is 9.47. The summed E-state index contributed by atoms with van der Waals surface area (Å²) in [4.78, 5) is 8.90. The molecule has 3 aromatic heterocycles. The van der Waals surface area contributed by atoms with Gasteiger partial charge in [-0.3, -0.25) is 4.98 Å². The number of rotatable bonds is 8. The molecule has 8 nitrogen and oxygen atoms in total. The molecule has 1 aromatic carbocycles. The van der Waals surface area contributed by atoms with Crippen LogP contribution in [0.15, 0.2) is 48.8 Å². The lowest BCUT2D eigenvalue weighted by Crippen LogP contribution is -2.32. The SMILES string of the molecule is CC(O)(CO)c1ccnc(-c2cccc3cc(C(NS(=O)(=O)C4CC4)c4c(Cl)ncc(N)c4F)sc23)c1. The summed E-state index contributed by atoms with van der Waals surface area (Å²) in [6.07, 6.45) is 3.70. The van der Waals surface area contributed by atoms with Gasteiger partial charge in [0.2, 0.25) is 10.0 Å². The van der Waals surface area contributed by atoms with Crippen LogP contribution in [0, 0.1) is 5.82 Å². The Bertz CT molecular complexity index is 1610. The van der Waals surface area contributed by atoms with E-state index in [-0.39, 0.29) is 16.4 Å². The number of thiophene rings is 1. The number of hydrogen-bond donors (Lipinski definition) is 4. The van der Waals surface area contributed by atoms with Gasteiger partial charge in [-0.25, -0.2) is 22.5 Å². The van der Waals surface area contributed by atoms with E-state index in [2.05, 4.69) is 14.7 Å². The van der Waals surface area contributed by atoms with Crippen molar-refractivity contribution in [1.82, 2.24) is 14.7 Å². The first-order chi connectivity index (χ1) is 17.5. The quantitative estimate of drug-likeness (QED) is 0.237. The molecule has 4 aromatic rings. The van der Waals surface area contributed by atoms with Crippen molar-refractivity contribution in [3.05, 3.63) is 75.8 Å². The minimum absolute atomic E-state index is 0.141. The zero-order valence-electron chi connectivity index (χ0n) is 19.6. The molecule has 1 aliphatic rings. The van der Waals surface area contributed by atoms with Gasteiger partial charge in [0.05, 0.1) is 41.0 Å². The molecule has 194 valence electrons. The van der Waals surface area contributed by atoms with Crippen LogP contribution < -0.4 is 10.5 Å². The number of fused-ring (bicyclic) bond motifs is 1. The van der Waals surface area contributed by atoms with Gasteiger partial charge in [-0.15, -0.1) is 11.3 Å². The monoisotopic (exact) mass is 562 g/mol. The predicted octanol–water partition coefficient (Wildman–Crippen LogP) is 4.10. The maximum absolute atomic E-state index is 15.2. The number of nitrogen functional groups attached to an aromatic ring is 1. The summed E-state index contributed by atoms with van der Waals surface area (Å²) in [5, 5.41) is 20.1. The largest absolute Gasteiger partial charge is 0.395 e. The first-order valence-corrected chi connectivity index (χ1v) is 14.2. The second-order valence-electron chi connectivity index (χ2n) is 9.26. The Kier molecular flexibility index (Phi) is 6.71. The topological polar surface area (TPSA) is 138 Å². The first-order valence-electron chi connectivity index (χ1n) is 11.4. The Hall–Kier alpha value is -2.67. The van der Waals surface area contributed by atoms with Crippen LogP contribution in [0.5, 0.6) is 0 Å². The third kappa shape index (κ3) is 4.95. The molecule has 0 radical (unpaired) electrons. The first kappa shape index (κ1) is 26.0. The Labute approximate surface area is 222 Å². The third-order valence-electron chi connectivity index (χ3n) is 6.38. The molecule has 0 bridgehead atoms. The number of aliphatic hydroxyl groups excluding tert-OH is 1. The number of sulfonamides is 1. The van der Waals surface area contributed by atoms with Crippen LogP contribution in [0.1, 0.15) is 41.8 Å². The van der Waals surface area contributed by atoms with Crippen LogP contribution in [-0.2, 0) is 15.6 Å². The highest BCUT2D eigenvalue weighted by Gasteiger charge is 2.39. The number of anilines is 1. The lowest BCUT2D eigenvalue weighted by Gasteiger charge is -2.21. The molecule has 5 rings (SSSR count). The Balaban J connectivity index is 1.67.